The molecule has 1 atom stereocenters. The Kier molecular flexibility index (Phi) is 4.07. The third-order valence-corrected chi connectivity index (χ3v) is 2.53. The molecule has 0 saturated heterocycles. The van der Waals surface area contributed by atoms with Gasteiger partial charge < -0.3 is 15.6 Å². The van der Waals surface area contributed by atoms with Gasteiger partial charge in [0, 0.05) is 18.9 Å². The molecule has 1 unspecified atom stereocenters. The first-order chi connectivity index (χ1) is 9.20. The van der Waals surface area contributed by atoms with Crippen LogP contribution in [0.5, 0.6) is 0 Å². The monoisotopic (exact) mass is 260 g/mol. The molecule has 0 radical (unpaired) electrons. The number of carbonyl (C=O) groups excluding carboxylic acids is 1. The van der Waals surface area contributed by atoms with Crippen molar-refractivity contribution >= 4 is 11.7 Å². The molecule has 2 aromatic heterocycles. The average molecular weight is 260 g/mol. The number of imidazole rings is 1. The quantitative estimate of drug-likeness (QED) is 0.748. The first-order valence-corrected chi connectivity index (χ1v) is 6.08. The maximum atomic E-state index is 11.9. The van der Waals surface area contributed by atoms with Crippen molar-refractivity contribution in [1.82, 2.24) is 25.5 Å². The van der Waals surface area contributed by atoms with Crippen LogP contribution in [0.3, 0.4) is 0 Å². The van der Waals surface area contributed by atoms with Crippen LogP contribution in [0.4, 0.5) is 5.82 Å². The van der Waals surface area contributed by atoms with Gasteiger partial charge in [0.2, 0.25) is 0 Å². The fraction of sp³-hybridized carbons (Fsp3) is 0.333. The van der Waals surface area contributed by atoms with Crippen molar-refractivity contribution in [3.63, 3.8) is 0 Å². The van der Waals surface area contributed by atoms with E-state index in [4.69, 9.17) is 0 Å². The molecule has 2 aromatic rings. The van der Waals surface area contributed by atoms with Gasteiger partial charge in [-0.1, -0.05) is 0 Å². The third kappa shape index (κ3) is 3.27. The molecule has 100 valence electrons. The van der Waals surface area contributed by atoms with Crippen LogP contribution in [0.1, 0.15) is 36.2 Å². The van der Waals surface area contributed by atoms with Gasteiger partial charge in [-0.2, -0.15) is 0 Å². The van der Waals surface area contributed by atoms with Gasteiger partial charge in [-0.15, -0.1) is 10.2 Å². The fourth-order valence-electron chi connectivity index (χ4n) is 1.58. The first-order valence-electron chi connectivity index (χ1n) is 6.08. The summed E-state index contributed by atoms with van der Waals surface area (Å²) >= 11 is 0. The third-order valence-electron chi connectivity index (χ3n) is 2.53. The fourth-order valence-corrected chi connectivity index (χ4v) is 1.58. The summed E-state index contributed by atoms with van der Waals surface area (Å²) in [6.45, 7) is 4.57. The summed E-state index contributed by atoms with van der Waals surface area (Å²) in [4.78, 5) is 19.0. The lowest BCUT2D eigenvalue weighted by atomic mass is 10.3. The van der Waals surface area contributed by atoms with Crippen LogP contribution < -0.4 is 10.6 Å². The molecule has 0 saturated carbocycles. The minimum absolute atomic E-state index is 0.210. The topological polar surface area (TPSA) is 95.6 Å². The normalized spacial score (nSPS) is 11.9. The van der Waals surface area contributed by atoms with Gasteiger partial charge in [0.25, 0.3) is 5.91 Å². The number of amides is 1. The Bertz CT molecular complexity index is 522. The lowest BCUT2D eigenvalue weighted by Gasteiger charge is -2.10. The molecule has 0 bridgehead atoms. The number of nitrogens with one attached hydrogen (secondary N) is 3. The van der Waals surface area contributed by atoms with Gasteiger partial charge in [0.1, 0.15) is 11.6 Å². The lowest BCUT2D eigenvalue weighted by Crippen LogP contribution is -2.28. The van der Waals surface area contributed by atoms with Gasteiger partial charge in [0.15, 0.2) is 5.69 Å². The second-order valence-electron chi connectivity index (χ2n) is 4.00. The van der Waals surface area contributed by atoms with Crippen molar-refractivity contribution in [3.05, 3.63) is 36.0 Å². The largest absolute Gasteiger partial charge is 0.369 e. The summed E-state index contributed by atoms with van der Waals surface area (Å²) < 4.78 is 0. The van der Waals surface area contributed by atoms with Gasteiger partial charge >= 0.3 is 0 Å². The minimum atomic E-state index is -0.278. The Morgan fingerprint density at radius 3 is 2.84 bits per heavy atom. The maximum absolute atomic E-state index is 11.9. The Balaban J connectivity index is 1.99. The van der Waals surface area contributed by atoms with Crippen molar-refractivity contribution in [1.29, 1.82) is 0 Å². The van der Waals surface area contributed by atoms with Crippen LogP contribution in [0.25, 0.3) is 0 Å². The Morgan fingerprint density at radius 1 is 1.42 bits per heavy atom. The maximum Gasteiger partial charge on any atom is 0.272 e. The Labute approximate surface area is 110 Å². The number of nitrogens with zero attached hydrogens (tertiary/aromatic N) is 3. The van der Waals surface area contributed by atoms with Crippen LogP contribution >= 0.6 is 0 Å². The number of anilines is 1. The molecule has 7 nitrogen and oxygen atoms in total. The lowest BCUT2D eigenvalue weighted by molar-refractivity contribution is 0.0932. The molecule has 0 fully saturated rings. The highest BCUT2D eigenvalue weighted by Gasteiger charge is 2.14. The highest BCUT2D eigenvalue weighted by atomic mass is 16.2. The molecule has 0 aromatic carbocycles. The standard InChI is InChI=1S/C12H16N6O/c1-3-13-10-5-4-9(17-18-10)12(19)16-8(2)11-14-6-7-15-11/h4-8H,3H2,1-2H3,(H,13,18)(H,14,15)(H,16,19). The van der Waals surface area contributed by atoms with Crippen LogP contribution in [0, 0.1) is 0 Å². The number of hydrogen-bond donors (Lipinski definition) is 3. The predicted octanol–water partition coefficient (Wildman–Crippen LogP) is 1.12. The van der Waals surface area contributed by atoms with E-state index in [1.807, 2.05) is 13.8 Å². The van der Waals surface area contributed by atoms with Crippen molar-refractivity contribution in [2.24, 2.45) is 0 Å². The molecule has 0 aliphatic carbocycles. The van der Waals surface area contributed by atoms with Gasteiger partial charge in [-0.05, 0) is 26.0 Å². The predicted molar refractivity (Wildman–Crippen MR) is 70.7 cm³/mol. The zero-order chi connectivity index (χ0) is 13.7. The van der Waals surface area contributed by atoms with E-state index in [0.717, 1.165) is 6.54 Å². The second kappa shape index (κ2) is 5.94. The molecule has 0 spiro atoms. The molecule has 2 heterocycles. The number of H-pyrrole nitrogens is 1. The molecule has 7 heteroatoms. The summed E-state index contributed by atoms with van der Waals surface area (Å²) in [5.41, 5.74) is 0.278. The molecule has 1 amide bonds. The van der Waals surface area contributed by atoms with Gasteiger partial charge in [0.05, 0.1) is 6.04 Å². The van der Waals surface area contributed by atoms with E-state index in [1.165, 1.54) is 0 Å². The number of carbonyl (C=O) groups is 1. The molecule has 0 aliphatic heterocycles. The van der Waals surface area contributed by atoms with E-state index < -0.39 is 0 Å². The number of aromatic amines is 1. The highest BCUT2D eigenvalue weighted by Crippen LogP contribution is 2.07. The van der Waals surface area contributed by atoms with E-state index >= 15 is 0 Å². The van der Waals surface area contributed by atoms with Gasteiger partial charge in [-0.3, -0.25) is 4.79 Å². The van der Waals surface area contributed by atoms with Crippen LogP contribution in [0.2, 0.25) is 0 Å². The van der Waals surface area contributed by atoms with Crippen LogP contribution in [-0.4, -0.2) is 32.6 Å². The van der Waals surface area contributed by atoms with Crippen LogP contribution in [-0.2, 0) is 0 Å². The Morgan fingerprint density at radius 2 is 2.26 bits per heavy atom. The molecule has 3 N–H and O–H groups in total. The van der Waals surface area contributed by atoms with E-state index in [0.29, 0.717) is 11.6 Å². The SMILES string of the molecule is CCNc1ccc(C(=O)NC(C)c2ncc[nH]2)nn1. The molecule has 2 rings (SSSR count). The van der Waals surface area contributed by atoms with E-state index in [9.17, 15) is 4.79 Å². The highest BCUT2D eigenvalue weighted by molar-refractivity contribution is 5.92. The minimum Gasteiger partial charge on any atom is -0.369 e. The second-order valence-corrected chi connectivity index (χ2v) is 4.00. The molecular formula is C12H16N6O. The number of aromatic nitrogens is 4. The molecular weight excluding hydrogens is 244 g/mol. The zero-order valence-corrected chi connectivity index (χ0v) is 10.8. The number of rotatable bonds is 5. The van der Waals surface area contributed by atoms with Crippen molar-refractivity contribution < 1.29 is 4.79 Å². The summed E-state index contributed by atoms with van der Waals surface area (Å²) in [6.07, 6.45) is 3.35. The van der Waals surface area contributed by atoms with E-state index in [2.05, 4.69) is 30.8 Å². The van der Waals surface area contributed by atoms with Crippen molar-refractivity contribution in [2.75, 3.05) is 11.9 Å². The van der Waals surface area contributed by atoms with Crippen LogP contribution in [0.15, 0.2) is 24.5 Å². The smallest absolute Gasteiger partial charge is 0.272 e. The first kappa shape index (κ1) is 13.0. The zero-order valence-electron chi connectivity index (χ0n) is 10.8. The van der Waals surface area contributed by atoms with Crippen molar-refractivity contribution in [3.8, 4) is 0 Å². The van der Waals surface area contributed by atoms with E-state index in [-0.39, 0.29) is 17.6 Å². The summed E-state index contributed by atoms with van der Waals surface area (Å²) in [5.74, 6) is 1.07. The molecule has 19 heavy (non-hydrogen) atoms. The van der Waals surface area contributed by atoms with E-state index in [1.54, 1.807) is 24.5 Å². The Hall–Kier alpha value is -2.44. The van der Waals surface area contributed by atoms with Gasteiger partial charge in [-0.25, -0.2) is 4.98 Å². The average Bonchev–Trinajstić information content (AvgIpc) is 2.94. The summed E-state index contributed by atoms with van der Waals surface area (Å²) in [5, 5.41) is 13.6. The molecule has 0 aliphatic rings. The van der Waals surface area contributed by atoms with Crippen molar-refractivity contribution in [2.45, 2.75) is 19.9 Å². The summed E-state index contributed by atoms with van der Waals surface area (Å²) in [6, 6.07) is 3.15. The summed E-state index contributed by atoms with van der Waals surface area (Å²) in [7, 11) is 0. The number of hydrogen-bond acceptors (Lipinski definition) is 5.